The van der Waals surface area contributed by atoms with Crippen molar-refractivity contribution in [3.05, 3.63) is 71.9 Å². The van der Waals surface area contributed by atoms with E-state index in [1.165, 1.54) is 5.56 Å². The maximum atomic E-state index is 4.75. The van der Waals surface area contributed by atoms with Gasteiger partial charge < -0.3 is 4.90 Å². The molecule has 0 spiro atoms. The van der Waals surface area contributed by atoms with E-state index in [1.54, 1.807) is 0 Å². The zero-order valence-electron chi connectivity index (χ0n) is 13.1. The van der Waals surface area contributed by atoms with Gasteiger partial charge in [-0.3, -0.25) is 4.98 Å². The third-order valence-electron chi connectivity index (χ3n) is 3.65. The Morgan fingerprint density at radius 2 is 1.36 bits per heavy atom. The van der Waals surface area contributed by atoms with Crippen LogP contribution in [0.15, 0.2) is 60.7 Å². The van der Waals surface area contributed by atoms with Crippen LogP contribution in [0.25, 0.3) is 11.4 Å². The monoisotopic (exact) mass is 289 g/mol. The summed E-state index contributed by atoms with van der Waals surface area (Å²) in [6, 6.07) is 20.4. The average Bonchev–Trinajstić information content (AvgIpc) is 2.55. The highest BCUT2D eigenvalue weighted by molar-refractivity contribution is 5.63. The van der Waals surface area contributed by atoms with Crippen LogP contribution in [0.2, 0.25) is 0 Å². The van der Waals surface area contributed by atoms with E-state index < -0.39 is 0 Å². The summed E-state index contributed by atoms with van der Waals surface area (Å²) in [5.74, 6) is 0.907. The van der Waals surface area contributed by atoms with E-state index in [9.17, 15) is 0 Å². The van der Waals surface area contributed by atoms with Crippen LogP contribution in [0.5, 0.6) is 0 Å². The van der Waals surface area contributed by atoms with Crippen molar-refractivity contribution < 1.29 is 0 Å². The molecule has 0 aliphatic carbocycles. The fourth-order valence-corrected chi connectivity index (χ4v) is 2.34. The molecule has 0 fully saturated rings. The van der Waals surface area contributed by atoms with Crippen LogP contribution < -0.4 is 4.90 Å². The van der Waals surface area contributed by atoms with Crippen molar-refractivity contribution in [1.29, 1.82) is 0 Å². The van der Waals surface area contributed by atoms with Gasteiger partial charge in [-0.15, -0.1) is 0 Å². The minimum Gasteiger partial charge on any atom is -0.329 e. The zero-order chi connectivity index (χ0) is 15.5. The van der Waals surface area contributed by atoms with E-state index in [4.69, 9.17) is 4.98 Å². The minimum absolute atomic E-state index is 0.889. The van der Waals surface area contributed by atoms with Crippen molar-refractivity contribution in [2.45, 2.75) is 13.8 Å². The topological polar surface area (TPSA) is 29.0 Å². The molecule has 0 saturated carbocycles. The molecular weight excluding hydrogens is 270 g/mol. The normalized spacial score (nSPS) is 10.5. The summed E-state index contributed by atoms with van der Waals surface area (Å²) in [4.78, 5) is 11.4. The Labute approximate surface area is 131 Å². The van der Waals surface area contributed by atoms with Crippen molar-refractivity contribution in [1.82, 2.24) is 9.97 Å². The van der Waals surface area contributed by atoms with Crippen LogP contribution in [0, 0.1) is 13.8 Å². The highest BCUT2D eigenvalue weighted by atomic mass is 15.2. The lowest BCUT2D eigenvalue weighted by atomic mass is 10.2. The van der Waals surface area contributed by atoms with Gasteiger partial charge >= 0.3 is 0 Å². The Balaban J connectivity index is 1.95. The van der Waals surface area contributed by atoms with E-state index in [0.29, 0.717) is 0 Å². The van der Waals surface area contributed by atoms with Crippen LogP contribution in [-0.2, 0) is 0 Å². The largest absolute Gasteiger partial charge is 0.329 e. The van der Waals surface area contributed by atoms with Gasteiger partial charge in [0.15, 0.2) is 0 Å². The second-order valence-corrected chi connectivity index (χ2v) is 5.44. The van der Waals surface area contributed by atoms with Gasteiger partial charge in [0.2, 0.25) is 0 Å². The number of rotatable bonds is 3. The first-order valence-corrected chi connectivity index (χ1v) is 7.35. The van der Waals surface area contributed by atoms with Crippen molar-refractivity contribution in [3.8, 4) is 11.4 Å². The summed E-state index contributed by atoms with van der Waals surface area (Å²) in [6.45, 7) is 4.08. The third kappa shape index (κ3) is 2.98. The number of aromatic nitrogens is 2. The lowest BCUT2D eigenvalue weighted by molar-refractivity contribution is 1.11. The summed E-state index contributed by atoms with van der Waals surface area (Å²) in [6.07, 6.45) is 0. The lowest BCUT2D eigenvalue weighted by Gasteiger charge is -2.19. The molecule has 0 radical (unpaired) electrons. The number of nitrogens with zero attached hydrogens (tertiary/aromatic N) is 3. The molecule has 3 aromatic rings. The Hall–Kier alpha value is -2.68. The first-order chi connectivity index (χ1) is 10.6. The van der Waals surface area contributed by atoms with Crippen LogP contribution in [0.1, 0.15) is 11.3 Å². The van der Waals surface area contributed by atoms with E-state index in [2.05, 4.69) is 41.1 Å². The van der Waals surface area contributed by atoms with Gasteiger partial charge in [0, 0.05) is 18.4 Å². The second-order valence-electron chi connectivity index (χ2n) is 5.44. The number of hydrogen-bond acceptors (Lipinski definition) is 3. The molecule has 3 heteroatoms. The SMILES string of the molecule is Cc1ccc(N(C)c2cccc(-c3cccc(C)n3)n2)cc1. The maximum Gasteiger partial charge on any atom is 0.133 e. The Bertz CT molecular complexity index is 779. The highest BCUT2D eigenvalue weighted by Gasteiger charge is 2.08. The summed E-state index contributed by atoms with van der Waals surface area (Å²) in [5.41, 5.74) is 5.16. The second kappa shape index (κ2) is 5.98. The summed E-state index contributed by atoms with van der Waals surface area (Å²) in [5, 5.41) is 0. The Morgan fingerprint density at radius 3 is 2.05 bits per heavy atom. The van der Waals surface area contributed by atoms with Gasteiger partial charge in [0.25, 0.3) is 0 Å². The van der Waals surface area contributed by atoms with Gasteiger partial charge in [-0.05, 0) is 50.2 Å². The van der Waals surface area contributed by atoms with Crippen molar-refractivity contribution in [2.75, 3.05) is 11.9 Å². The van der Waals surface area contributed by atoms with Crippen LogP contribution in [-0.4, -0.2) is 17.0 Å². The molecule has 3 nitrogen and oxygen atoms in total. The Morgan fingerprint density at radius 1 is 0.727 bits per heavy atom. The predicted octanol–water partition coefficient (Wildman–Crippen LogP) is 4.53. The molecular formula is C19H19N3. The molecule has 0 saturated heterocycles. The predicted molar refractivity (Wildman–Crippen MR) is 91.4 cm³/mol. The molecule has 0 aliphatic rings. The first kappa shape index (κ1) is 14.3. The average molecular weight is 289 g/mol. The Kier molecular flexibility index (Phi) is 3.88. The van der Waals surface area contributed by atoms with Crippen molar-refractivity contribution in [3.63, 3.8) is 0 Å². The molecule has 22 heavy (non-hydrogen) atoms. The van der Waals surface area contributed by atoms with E-state index in [0.717, 1.165) is 28.6 Å². The lowest BCUT2D eigenvalue weighted by Crippen LogP contribution is -2.11. The molecule has 0 atom stereocenters. The van der Waals surface area contributed by atoms with Gasteiger partial charge in [-0.1, -0.05) is 29.8 Å². The number of pyridine rings is 2. The maximum absolute atomic E-state index is 4.75. The van der Waals surface area contributed by atoms with Gasteiger partial charge in [0.05, 0.1) is 11.4 Å². The molecule has 2 heterocycles. The molecule has 3 rings (SSSR count). The number of aryl methyl sites for hydroxylation is 2. The molecule has 1 aromatic carbocycles. The summed E-state index contributed by atoms with van der Waals surface area (Å²) < 4.78 is 0. The smallest absolute Gasteiger partial charge is 0.133 e. The van der Waals surface area contributed by atoms with Crippen LogP contribution in [0.4, 0.5) is 11.5 Å². The van der Waals surface area contributed by atoms with Gasteiger partial charge in [-0.25, -0.2) is 4.98 Å². The van der Waals surface area contributed by atoms with Crippen molar-refractivity contribution >= 4 is 11.5 Å². The standard InChI is InChI=1S/C19H19N3/c1-14-10-12-16(13-11-14)22(3)19-9-5-8-18(21-19)17-7-4-6-15(2)20-17/h4-13H,1-3H3. The fraction of sp³-hybridized carbons (Fsp3) is 0.158. The molecule has 110 valence electrons. The van der Waals surface area contributed by atoms with Gasteiger partial charge in [-0.2, -0.15) is 0 Å². The van der Waals surface area contributed by atoms with E-state index in [1.807, 2.05) is 50.4 Å². The molecule has 2 aromatic heterocycles. The van der Waals surface area contributed by atoms with Crippen LogP contribution in [0.3, 0.4) is 0 Å². The molecule has 0 bridgehead atoms. The summed E-state index contributed by atoms with van der Waals surface area (Å²) in [7, 11) is 2.03. The molecule has 0 amide bonds. The zero-order valence-corrected chi connectivity index (χ0v) is 13.1. The third-order valence-corrected chi connectivity index (χ3v) is 3.65. The molecule has 0 unspecified atom stereocenters. The van der Waals surface area contributed by atoms with Gasteiger partial charge in [0.1, 0.15) is 5.82 Å². The van der Waals surface area contributed by atoms with Crippen LogP contribution >= 0.6 is 0 Å². The number of hydrogen-bond donors (Lipinski definition) is 0. The van der Waals surface area contributed by atoms with E-state index >= 15 is 0 Å². The quantitative estimate of drug-likeness (QED) is 0.709. The number of anilines is 2. The fourth-order valence-electron chi connectivity index (χ4n) is 2.34. The minimum atomic E-state index is 0.889. The highest BCUT2D eigenvalue weighted by Crippen LogP contribution is 2.24. The molecule has 0 N–H and O–H groups in total. The summed E-state index contributed by atoms with van der Waals surface area (Å²) >= 11 is 0. The first-order valence-electron chi connectivity index (χ1n) is 7.35. The van der Waals surface area contributed by atoms with E-state index in [-0.39, 0.29) is 0 Å². The molecule has 0 aliphatic heterocycles. The number of benzene rings is 1. The van der Waals surface area contributed by atoms with Crippen molar-refractivity contribution in [2.24, 2.45) is 0 Å².